The molecule has 2 aromatic rings. The lowest BCUT2D eigenvalue weighted by atomic mass is 10.2. The fraction of sp³-hybridized carbons (Fsp3) is 0.357. The molecule has 0 aliphatic rings. The molecule has 1 N–H and O–H groups in total. The second kappa shape index (κ2) is 7.21. The van der Waals surface area contributed by atoms with Gasteiger partial charge in [-0.1, -0.05) is 13.0 Å². The molecular weight excluding hydrogens is 263 g/mol. The van der Waals surface area contributed by atoms with E-state index in [1.54, 1.807) is 23.6 Å². The minimum Gasteiger partial charge on any atom is -0.470 e. The highest BCUT2D eigenvalue weighted by atomic mass is 32.1. The standard InChI is InChI=1S/C14H17FN2OS/c1-2-6-16-9-11-5-7-17-14(13(11)15)18-10-12-4-3-8-19-12/h3-5,7-8,16H,2,6,9-10H2,1H3. The second-order valence-electron chi connectivity index (χ2n) is 4.13. The molecule has 0 radical (unpaired) electrons. The topological polar surface area (TPSA) is 34.2 Å². The van der Waals surface area contributed by atoms with Gasteiger partial charge in [0.05, 0.1) is 0 Å². The van der Waals surface area contributed by atoms with E-state index in [9.17, 15) is 4.39 Å². The van der Waals surface area contributed by atoms with Crippen molar-refractivity contribution in [1.29, 1.82) is 0 Å². The molecule has 0 spiro atoms. The summed E-state index contributed by atoms with van der Waals surface area (Å²) in [6.07, 6.45) is 2.60. The first-order chi connectivity index (χ1) is 9.31. The minimum absolute atomic E-state index is 0.0733. The van der Waals surface area contributed by atoms with Crippen LogP contribution < -0.4 is 10.1 Å². The van der Waals surface area contributed by atoms with Crippen molar-refractivity contribution in [3.63, 3.8) is 0 Å². The maximum atomic E-state index is 14.1. The number of nitrogens with one attached hydrogen (secondary N) is 1. The Morgan fingerprint density at radius 1 is 1.42 bits per heavy atom. The van der Waals surface area contributed by atoms with Crippen LogP contribution in [0.1, 0.15) is 23.8 Å². The third-order valence-corrected chi connectivity index (χ3v) is 3.46. The molecule has 0 aliphatic carbocycles. The molecule has 0 saturated heterocycles. The number of rotatable bonds is 7. The Morgan fingerprint density at radius 2 is 2.32 bits per heavy atom. The SMILES string of the molecule is CCCNCc1ccnc(OCc2cccs2)c1F. The summed E-state index contributed by atoms with van der Waals surface area (Å²) in [6.45, 7) is 3.80. The molecule has 5 heteroatoms. The van der Waals surface area contributed by atoms with Crippen molar-refractivity contribution in [1.82, 2.24) is 10.3 Å². The monoisotopic (exact) mass is 280 g/mol. The second-order valence-corrected chi connectivity index (χ2v) is 5.17. The van der Waals surface area contributed by atoms with Gasteiger partial charge in [0.2, 0.25) is 0 Å². The molecule has 0 atom stereocenters. The number of pyridine rings is 1. The number of hydrogen-bond donors (Lipinski definition) is 1. The Balaban J connectivity index is 1.98. The summed E-state index contributed by atoms with van der Waals surface area (Å²) >= 11 is 1.58. The van der Waals surface area contributed by atoms with Crippen molar-refractivity contribution in [3.05, 3.63) is 46.0 Å². The molecule has 3 nitrogen and oxygen atoms in total. The Labute approximate surface area is 116 Å². The number of hydrogen-bond acceptors (Lipinski definition) is 4. The van der Waals surface area contributed by atoms with Crippen molar-refractivity contribution in [2.75, 3.05) is 6.54 Å². The highest BCUT2D eigenvalue weighted by Crippen LogP contribution is 2.19. The lowest BCUT2D eigenvalue weighted by molar-refractivity contribution is 0.279. The van der Waals surface area contributed by atoms with Crippen LogP contribution in [0.2, 0.25) is 0 Å². The van der Waals surface area contributed by atoms with Crippen LogP contribution in [-0.2, 0) is 13.2 Å². The minimum atomic E-state index is -0.373. The van der Waals surface area contributed by atoms with E-state index in [1.165, 1.54) is 0 Å². The molecule has 2 aromatic heterocycles. The van der Waals surface area contributed by atoms with Gasteiger partial charge in [0.1, 0.15) is 6.61 Å². The zero-order valence-corrected chi connectivity index (χ0v) is 11.7. The maximum Gasteiger partial charge on any atom is 0.251 e. The van der Waals surface area contributed by atoms with Crippen LogP contribution in [0.5, 0.6) is 5.88 Å². The zero-order valence-electron chi connectivity index (χ0n) is 10.9. The first kappa shape index (κ1) is 14.0. The average Bonchev–Trinajstić information content (AvgIpc) is 2.93. The Kier molecular flexibility index (Phi) is 5.30. The largest absolute Gasteiger partial charge is 0.470 e. The fourth-order valence-electron chi connectivity index (χ4n) is 1.63. The molecule has 0 bridgehead atoms. The normalized spacial score (nSPS) is 10.6. The molecule has 0 fully saturated rings. The van der Waals surface area contributed by atoms with Gasteiger partial charge in [-0.15, -0.1) is 11.3 Å². The maximum absolute atomic E-state index is 14.1. The van der Waals surface area contributed by atoms with Crippen molar-refractivity contribution < 1.29 is 9.13 Å². The fourth-order valence-corrected chi connectivity index (χ4v) is 2.25. The quantitative estimate of drug-likeness (QED) is 0.790. The molecule has 19 heavy (non-hydrogen) atoms. The van der Waals surface area contributed by atoms with E-state index in [1.807, 2.05) is 17.5 Å². The van der Waals surface area contributed by atoms with Gasteiger partial charge in [0.25, 0.3) is 5.88 Å². The third-order valence-electron chi connectivity index (χ3n) is 2.61. The van der Waals surface area contributed by atoms with E-state index in [4.69, 9.17) is 4.74 Å². The molecule has 102 valence electrons. The highest BCUT2D eigenvalue weighted by Gasteiger charge is 2.10. The van der Waals surface area contributed by atoms with Gasteiger partial charge in [-0.2, -0.15) is 0 Å². The molecule has 0 amide bonds. The average molecular weight is 280 g/mol. The van der Waals surface area contributed by atoms with Crippen molar-refractivity contribution in [2.24, 2.45) is 0 Å². The van der Waals surface area contributed by atoms with Gasteiger partial charge in [-0.25, -0.2) is 9.37 Å². The summed E-state index contributed by atoms with van der Waals surface area (Å²) < 4.78 is 19.5. The van der Waals surface area contributed by atoms with Crippen LogP contribution in [-0.4, -0.2) is 11.5 Å². The Morgan fingerprint density at radius 3 is 3.05 bits per heavy atom. The van der Waals surface area contributed by atoms with E-state index < -0.39 is 0 Å². The van der Waals surface area contributed by atoms with Crippen molar-refractivity contribution in [2.45, 2.75) is 26.5 Å². The summed E-state index contributed by atoms with van der Waals surface area (Å²) in [6, 6.07) is 5.57. The summed E-state index contributed by atoms with van der Waals surface area (Å²) in [5.74, 6) is -0.299. The lowest BCUT2D eigenvalue weighted by Crippen LogP contribution is -2.15. The number of aromatic nitrogens is 1. The molecule has 0 saturated carbocycles. The summed E-state index contributed by atoms with van der Waals surface area (Å²) in [5.41, 5.74) is 0.588. The third kappa shape index (κ3) is 4.01. The first-order valence-corrected chi connectivity index (χ1v) is 7.18. The van der Waals surface area contributed by atoms with E-state index in [0.717, 1.165) is 17.8 Å². The Bertz CT molecular complexity index is 502. The number of halogens is 1. The lowest BCUT2D eigenvalue weighted by Gasteiger charge is -2.09. The van der Waals surface area contributed by atoms with Gasteiger partial charge >= 0.3 is 0 Å². The summed E-state index contributed by atoms with van der Waals surface area (Å²) in [7, 11) is 0. The van der Waals surface area contributed by atoms with E-state index in [0.29, 0.717) is 18.7 Å². The molecule has 2 rings (SSSR count). The number of ether oxygens (including phenoxy) is 1. The van der Waals surface area contributed by atoms with Crippen LogP contribution >= 0.6 is 11.3 Å². The Hall–Kier alpha value is -1.46. The predicted octanol–water partition coefficient (Wildman–Crippen LogP) is 3.36. The highest BCUT2D eigenvalue weighted by molar-refractivity contribution is 7.09. The van der Waals surface area contributed by atoms with Gasteiger partial charge in [-0.05, 0) is 30.5 Å². The zero-order chi connectivity index (χ0) is 13.5. The van der Waals surface area contributed by atoms with Crippen LogP contribution in [0.3, 0.4) is 0 Å². The van der Waals surface area contributed by atoms with Crippen LogP contribution in [0.25, 0.3) is 0 Å². The predicted molar refractivity (Wildman–Crippen MR) is 74.8 cm³/mol. The van der Waals surface area contributed by atoms with Crippen molar-refractivity contribution >= 4 is 11.3 Å². The summed E-state index contributed by atoms with van der Waals surface area (Å²) in [5, 5.41) is 5.13. The summed E-state index contributed by atoms with van der Waals surface area (Å²) in [4.78, 5) is 5.00. The van der Waals surface area contributed by atoms with E-state index >= 15 is 0 Å². The first-order valence-electron chi connectivity index (χ1n) is 6.30. The van der Waals surface area contributed by atoms with Crippen LogP contribution in [0.15, 0.2) is 29.8 Å². The molecule has 0 aliphatic heterocycles. The molecular formula is C14H17FN2OS. The number of thiophene rings is 1. The molecule has 2 heterocycles. The van der Waals surface area contributed by atoms with Crippen LogP contribution in [0, 0.1) is 5.82 Å². The number of nitrogens with zero attached hydrogens (tertiary/aromatic N) is 1. The smallest absolute Gasteiger partial charge is 0.251 e. The van der Waals surface area contributed by atoms with E-state index in [2.05, 4.69) is 17.2 Å². The van der Waals surface area contributed by atoms with Crippen LogP contribution in [0.4, 0.5) is 4.39 Å². The van der Waals surface area contributed by atoms with Gasteiger partial charge in [-0.3, -0.25) is 0 Å². The van der Waals surface area contributed by atoms with Gasteiger partial charge < -0.3 is 10.1 Å². The molecule has 0 unspecified atom stereocenters. The van der Waals surface area contributed by atoms with Gasteiger partial charge in [0.15, 0.2) is 5.82 Å². The molecule has 0 aromatic carbocycles. The van der Waals surface area contributed by atoms with Crippen molar-refractivity contribution in [3.8, 4) is 5.88 Å². The van der Waals surface area contributed by atoms with Gasteiger partial charge in [0, 0.05) is 23.2 Å². The van der Waals surface area contributed by atoms with E-state index in [-0.39, 0.29) is 11.7 Å².